The molecule has 6 heteroatoms. The van der Waals surface area contributed by atoms with Gasteiger partial charge in [-0.15, -0.1) is 5.10 Å². The quantitative estimate of drug-likeness (QED) is 0.764. The molecule has 1 aromatic heterocycles. The molecule has 0 unspecified atom stereocenters. The van der Waals surface area contributed by atoms with Crippen LogP contribution in [0.3, 0.4) is 0 Å². The fourth-order valence-electron chi connectivity index (χ4n) is 1.88. The molecule has 0 aliphatic rings. The van der Waals surface area contributed by atoms with Crippen LogP contribution in [0.4, 0.5) is 0 Å². The molecule has 1 N–H and O–H groups in total. The van der Waals surface area contributed by atoms with Gasteiger partial charge in [-0.1, -0.05) is 24.3 Å². The number of nitrogens with one attached hydrogen (secondary N) is 1. The molecule has 114 valence electrons. The summed E-state index contributed by atoms with van der Waals surface area (Å²) in [4.78, 5) is 0. The molecule has 21 heavy (non-hydrogen) atoms. The first-order chi connectivity index (χ1) is 10.3. The van der Waals surface area contributed by atoms with Crippen LogP contribution in [-0.2, 0) is 13.1 Å². The third-order valence-electron chi connectivity index (χ3n) is 2.87. The second kappa shape index (κ2) is 8.26. The third kappa shape index (κ3) is 4.75. The van der Waals surface area contributed by atoms with E-state index in [2.05, 4.69) is 22.6 Å². The van der Waals surface area contributed by atoms with Gasteiger partial charge in [0.15, 0.2) is 11.5 Å². The van der Waals surface area contributed by atoms with Crippen molar-refractivity contribution in [1.82, 2.24) is 20.3 Å². The van der Waals surface area contributed by atoms with E-state index in [0.717, 1.165) is 30.3 Å². The van der Waals surface area contributed by atoms with Crippen molar-refractivity contribution in [3.63, 3.8) is 0 Å². The zero-order valence-electron chi connectivity index (χ0n) is 12.6. The number of hydrogen-bond acceptors (Lipinski definition) is 5. The molecule has 2 rings (SSSR count). The first-order valence-corrected chi connectivity index (χ1v) is 7.27. The summed E-state index contributed by atoms with van der Waals surface area (Å²) < 4.78 is 13.1. The molecule has 0 saturated carbocycles. The van der Waals surface area contributed by atoms with Crippen LogP contribution in [0.1, 0.15) is 19.5 Å². The van der Waals surface area contributed by atoms with E-state index in [0.29, 0.717) is 19.8 Å². The molecule has 0 spiro atoms. The predicted molar refractivity (Wildman–Crippen MR) is 80.5 cm³/mol. The predicted octanol–water partition coefficient (Wildman–Crippen LogP) is 1.87. The minimum absolute atomic E-state index is 0.522. The Kier molecular flexibility index (Phi) is 6.02. The summed E-state index contributed by atoms with van der Waals surface area (Å²) in [5.74, 6) is 1.53. The molecule has 0 saturated heterocycles. The molecule has 0 fully saturated rings. The number of aromatic nitrogens is 3. The summed E-state index contributed by atoms with van der Waals surface area (Å²) in [6.45, 7) is 7.48. The topological polar surface area (TPSA) is 61.2 Å². The molecule has 0 aliphatic carbocycles. The van der Waals surface area contributed by atoms with E-state index in [1.165, 1.54) is 0 Å². The Labute approximate surface area is 125 Å². The first-order valence-electron chi connectivity index (χ1n) is 7.27. The van der Waals surface area contributed by atoms with E-state index in [9.17, 15) is 0 Å². The van der Waals surface area contributed by atoms with Crippen LogP contribution in [-0.4, -0.2) is 34.8 Å². The molecule has 0 amide bonds. The van der Waals surface area contributed by atoms with Crippen molar-refractivity contribution < 1.29 is 9.47 Å². The van der Waals surface area contributed by atoms with Crippen molar-refractivity contribution >= 4 is 0 Å². The van der Waals surface area contributed by atoms with Gasteiger partial charge in [-0.25, -0.2) is 4.68 Å². The van der Waals surface area contributed by atoms with Gasteiger partial charge in [0.2, 0.25) is 0 Å². The van der Waals surface area contributed by atoms with E-state index in [-0.39, 0.29) is 0 Å². The Bertz CT molecular complexity index is 542. The van der Waals surface area contributed by atoms with E-state index < -0.39 is 0 Å². The van der Waals surface area contributed by atoms with Crippen molar-refractivity contribution in [2.45, 2.75) is 26.9 Å². The number of nitrogens with zero attached hydrogens (tertiary/aromatic N) is 3. The van der Waals surface area contributed by atoms with E-state index >= 15 is 0 Å². The highest BCUT2D eigenvalue weighted by Gasteiger charge is 2.04. The highest BCUT2D eigenvalue weighted by atomic mass is 16.5. The van der Waals surface area contributed by atoms with E-state index in [1.54, 1.807) is 4.68 Å². The second-order valence-corrected chi connectivity index (χ2v) is 4.48. The highest BCUT2D eigenvalue weighted by molar-refractivity contribution is 5.39. The summed E-state index contributed by atoms with van der Waals surface area (Å²) in [6.07, 6.45) is 1.93. The molecule has 0 aliphatic heterocycles. The molecular formula is C15H22N4O2. The van der Waals surface area contributed by atoms with Gasteiger partial charge in [0.1, 0.15) is 6.61 Å². The lowest BCUT2D eigenvalue weighted by Crippen LogP contribution is -2.12. The normalized spacial score (nSPS) is 10.6. The standard InChI is InChI=1S/C15H22N4O2/c1-3-16-11-13-12-19(18-17-13)9-10-21-15-8-6-5-7-14(15)20-4-2/h5-8,12,16H,3-4,9-11H2,1-2H3. The van der Waals surface area contributed by atoms with Crippen molar-refractivity contribution in [3.8, 4) is 11.5 Å². The van der Waals surface area contributed by atoms with Gasteiger partial charge in [-0.2, -0.15) is 0 Å². The number of benzene rings is 1. The van der Waals surface area contributed by atoms with Gasteiger partial charge in [0.25, 0.3) is 0 Å². The molecule has 0 atom stereocenters. The largest absolute Gasteiger partial charge is 0.490 e. The van der Waals surface area contributed by atoms with Gasteiger partial charge >= 0.3 is 0 Å². The molecule has 2 aromatic rings. The lowest BCUT2D eigenvalue weighted by atomic mass is 10.3. The van der Waals surface area contributed by atoms with Crippen LogP contribution < -0.4 is 14.8 Å². The lowest BCUT2D eigenvalue weighted by Gasteiger charge is -2.11. The van der Waals surface area contributed by atoms with Crippen molar-refractivity contribution in [3.05, 3.63) is 36.2 Å². The highest BCUT2D eigenvalue weighted by Crippen LogP contribution is 2.26. The van der Waals surface area contributed by atoms with Gasteiger partial charge in [-0.05, 0) is 25.6 Å². The average Bonchev–Trinajstić information content (AvgIpc) is 2.95. The molecule has 1 aromatic carbocycles. The fourth-order valence-corrected chi connectivity index (χ4v) is 1.88. The zero-order chi connectivity index (χ0) is 14.9. The molecule has 0 radical (unpaired) electrons. The molecule has 6 nitrogen and oxygen atoms in total. The molecule has 0 bridgehead atoms. The Morgan fingerprint density at radius 3 is 2.62 bits per heavy atom. The first kappa shape index (κ1) is 15.3. The van der Waals surface area contributed by atoms with Crippen LogP contribution in [0, 0.1) is 0 Å². The van der Waals surface area contributed by atoms with Crippen LogP contribution in [0.5, 0.6) is 11.5 Å². The van der Waals surface area contributed by atoms with Crippen LogP contribution in [0.15, 0.2) is 30.5 Å². The van der Waals surface area contributed by atoms with Crippen molar-refractivity contribution in [2.24, 2.45) is 0 Å². The van der Waals surface area contributed by atoms with E-state index in [4.69, 9.17) is 9.47 Å². The minimum Gasteiger partial charge on any atom is -0.490 e. The monoisotopic (exact) mass is 290 g/mol. The van der Waals surface area contributed by atoms with Crippen LogP contribution in [0.2, 0.25) is 0 Å². The van der Waals surface area contributed by atoms with Gasteiger partial charge in [-0.3, -0.25) is 0 Å². The average molecular weight is 290 g/mol. The van der Waals surface area contributed by atoms with Gasteiger partial charge in [0, 0.05) is 12.7 Å². The summed E-state index contributed by atoms with van der Waals surface area (Å²) >= 11 is 0. The molecule has 1 heterocycles. The third-order valence-corrected chi connectivity index (χ3v) is 2.87. The number of hydrogen-bond donors (Lipinski definition) is 1. The number of rotatable bonds is 9. The zero-order valence-corrected chi connectivity index (χ0v) is 12.6. The maximum absolute atomic E-state index is 5.75. The van der Waals surface area contributed by atoms with Gasteiger partial charge in [0.05, 0.1) is 18.8 Å². The summed E-state index contributed by atoms with van der Waals surface area (Å²) in [5, 5.41) is 11.4. The van der Waals surface area contributed by atoms with Crippen LogP contribution >= 0.6 is 0 Å². The summed E-state index contributed by atoms with van der Waals surface area (Å²) in [5.41, 5.74) is 0.937. The minimum atomic E-state index is 0.522. The van der Waals surface area contributed by atoms with Crippen LogP contribution in [0.25, 0.3) is 0 Å². The Hall–Kier alpha value is -2.08. The smallest absolute Gasteiger partial charge is 0.161 e. The van der Waals surface area contributed by atoms with Crippen molar-refractivity contribution in [1.29, 1.82) is 0 Å². The Balaban J connectivity index is 1.82. The summed E-state index contributed by atoms with van der Waals surface area (Å²) in [7, 11) is 0. The number of para-hydroxylation sites is 2. The van der Waals surface area contributed by atoms with Crippen molar-refractivity contribution in [2.75, 3.05) is 19.8 Å². The summed E-state index contributed by atoms with van der Waals surface area (Å²) in [6, 6.07) is 7.68. The maximum atomic E-state index is 5.75. The SMILES string of the molecule is CCNCc1cn(CCOc2ccccc2OCC)nn1. The fraction of sp³-hybridized carbons (Fsp3) is 0.467. The second-order valence-electron chi connectivity index (χ2n) is 4.48. The molecular weight excluding hydrogens is 268 g/mol. The Morgan fingerprint density at radius 2 is 1.90 bits per heavy atom. The maximum Gasteiger partial charge on any atom is 0.161 e. The Morgan fingerprint density at radius 1 is 1.14 bits per heavy atom. The number of ether oxygens (including phenoxy) is 2. The lowest BCUT2D eigenvalue weighted by molar-refractivity contribution is 0.261. The van der Waals surface area contributed by atoms with E-state index in [1.807, 2.05) is 37.4 Å². The van der Waals surface area contributed by atoms with Gasteiger partial charge < -0.3 is 14.8 Å².